The number of nitriles is 1. The van der Waals surface area contributed by atoms with Crippen LogP contribution in [0.5, 0.6) is 0 Å². The minimum atomic E-state index is -0.570. The van der Waals surface area contributed by atoms with Gasteiger partial charge in [0.25, 0.3) is 0 Å². The maximum absolute atomic E-state index is 10.5. The third kappa shape index (κ3) is 1.49. The summed E-state index contributed by atoms with van der Waals surface area (Å²) < 4.78 is 1.56. The molecule has 6 heteroatoms. The highest BCUT2D eigenvalue weighted by atomic mass is 16.6. The van der Waals surface area contributed by atoms with Gasteiger partial charge >= 0.3 is 5.82 Å². The first-order valence-electron chi connectivity index (χ1n) is 3.61. The Labute approximate surface area is 74.6 Å². The van der Waals surface area contributed by atoms with E-state index in [1.807, 2.05) is 6.07 Å². The van der Waals surface area contributed by atoms with Crippen molar-refractivity contribution in [2.24, 2.45) is 7.05 Å². The number of hydrogen-bond acceptors (Lipinski definition) is 4. The zero-order valence-corrected chi connectivity index (χ0v) is 7.31. The van der Waals surface area contributed by atoms with Gasteiger partial charge in [-0.1, -0.05) is 0 Å². The third-order valence-electron chi connectivity index (χ3n) is 1.84. The second kappa shape index (κ2) is 3.23. The van der Waals surface area contributed by atoms with Crippen LogP contribution in [-0.2, 0) is 13.5 Å². The van der Waals surface area contributed by atoms with Crippen molar-refractivity contribution in [2.75, 3.05) is 0 Å². The average Bonchev–Trinajstić information content (AvgIpc) is 2.33. The maximum atomic E-state index is 10.5. The minimum absolute atomic E-state index is 0.00759. The first-order chi connectivity index (χ1) is 6.07. The van der Waals surface area contributed by atoms with Crippen LogP contribution in [-0.4, -0.2) is 14.5 Å². The van der Waals surface area contributed by atoms with Crippen LogP contribution >= 0.6 is 0 Å². The second-order valence-electron chi connectivity index (χ2n) is 2.58. The first kappa shape index (κ1) is 9.19. The SMILES string of the molecule is Cc1nc([N+](=O)[O-])c(CC#N)n1C. The maximum Gasteiger partial charge on any atom is 0.386 e. The summed E-state index contributed by atoms with van der Waals surface area (Å²) in [5.74, 6) is 0.318. The molecule has 0 aliphatic heterocycles. The molecule has 0 N–H and O–H groups in total. The molecule has 0 bridgehead atoms. The normalized spacial score (nSPS) is 9.62. The van der Waals surface area contributed by atoms with Crippen LogP contribution in [0.25, 0.3) is 0 Å². The van der Waals surface area contributed by atoms with Crippen LogP contribution in [0.2, 0.25) is 0 Å². The highest BCUT2D eigenvalue weighted by Crippen LogP contribution is 2.17. The standard InChI is InChI=1S/C7H8N4O2/c1-5-9-7(11(12)13)6(3-4-8)10(5)2/h3H2,1-2H3. The lowest BCUT2D eigenvalue weighted by molar-refractivity contribution is -0.390. The number of rotatable bonds is 2. The molecule has 0 atom stereocenters. The molecular weight excluding hydrogens is 172 g/mol. The Bertz CT molecular complexity index is 388. The molecule has 0 fully saturated rings. The fraction of sp³-hybridized carbons (Fsp3) is 0.429. The number of hydrogen-bond donors (Lipinski definition) is 0. The minimum Gasteiger partial charge on any atom is -0.358 e. The lowest BCUT2D eigenvalue weighted by atomic mass is 10.3. The van der Waals surface area contributed by atoms with Gasteiger partial charge in [-0.25, -0.2) is 0 Å². The van der Waals surface area contributed by atoms with Crippen molar-refractivity contribution in [1.82, 2.24) is 9.55 Å². The van der Waals surface area contributed by atoms with Crippen molar-refractivity contribution in [2.45, 2.75) is 13.3 Å². The number of imidazole rings is 1. The Morgan fingerprint density at radius 1 is 1.77 bits per heavy atom. The van der Waals surface area contributed by atoms with Gasteiger partial charge in [-0.05, 0) is 9.91 Å². The van der Waals surface area contributed by atoms with Crippen LogP contribution in [0.1, 0.15) is 11.5 Å². The lowest BCUT2D eigenvalue weighted by Crippen LogP contribution is -1.99. The van der Waals surface area contributed by atoms with Gasteiger partial charge in [0.2, 0.25) is 5.82 Å². The molecule has 0 saturated heterocycles. The predicted molar refractivity (Wildman–Crippen MR) is 43.9 cm³/mol. The van der Waals surface area contributed by atoms with Crippen LogP contribution in [0, 0.1) is 28.4 Å². The van der Waals surface area contributed by atoms with E-state index < -0.39 is 4.92 Å². The molecule has 0 amide bonds. The fourth-order valence-electron chi connectivity index (χ4n) is 1.06. The summed E-state index contributed by atoms with van der Waals surface area (Å²) in [4.78, 5) is 13.7. The van der Waals surface area contributed by atoms with Gasteiger partial charge < -0.3 is 14.7 Å². The Morgan fingerprint density at radius 2 is 2.38 bits per heavy atom. The molecule has 1 aromatic heterocycles. The van der Waals surface area contributed by atoms with Crippen molar-refractivity contribution in [3.63, 3.8) is 0 Å². The molecule has 0 aliphatic rings. The van der Waals surface area contributed by atoms with E-state index in [0.717, 1.165) is 0 Å². The quantitative estimate of drug-likeness (QED) is 0.495. The highest BCUT2D eigenvalue weighted by Gasteiger charge is 2.22. The van der Waals surface area contributed by atoms with Gasteiger partial charge in [0.05, 0.1) is 12.5 Å². The van der Waals surface area contributed by atoms with E-state index in [-0.39, 0.29) is 12.2 Å². The molecular formula is C7H8N4O2. The molecule has 6 nitrogen and oxygen atoms in total. The monoisotopic (exact) mass is 180 g/mol. The van der Waals surface area contributed by atoms with Gasteiger partial charge in [0.1, 0.15) is 5.69 Å². The van der Waals surface area contributed by atoms with Gasteiger partial charge in [-0.15, -0.1) is 0 Å². The zero-order chi connectivity index (χ0) is 10.0. The molecule has 13 heavy (non-hydrogen) atoms. The van der Waals surface area contributed by atoms with Crippen molar-refractivity contribution in [3.05, 3.63) is 21.6 Å². The molecule has 1 heterocycles. The zero-order valence-electron chi connectivity index (χ0n) is 7.31. The van der Waals surface area contributed by atoms with Crippen molar-refractivity contribution in [1.29, 1.82) is 5.26 Å². The summed E-state index contributed by atoms with van der Waals surface area (Å²) in [5, 5.41) is 18.9. The van der Waals surface area contributed by atoms with E-state index in [4.69, 9.17) is 5.26 Å². The van der Waals surface area contributed by atoms with E-state index in [9.17, 15) is 10.1 Å². The average molecular weight is 180 g/mol. The summed E-state index contributed by atoms with van der Waals surface area (Å²) in [5.41, 5.74) is 0.352. The number of aryl methyl sites for hydroxylation is 1. The molecule has 1 aromatic rings. The largest absolute Gasteiger partial charge is 0.386 e. The van der Waals surface area contributed by atoms with E-state index in [0.29, 0.717) is 11.5 Å². The Balaban J connectivity index is 3.28. The highest BCUT2D eigenvalue weighted by molar-refractivity contribution is 5.31. The second-order valence-corrected chi connectivity index (χ2v) is 2.58. The van der Waals surface area contributed by atoms with Crippen molar-refractivity contribution < 1.29 is 4.92 Å². The predicted octanol–water partition coefficient (Wildman–Crippen LogP) is 0.703. The summed E-state index contributed by atoms with van der Waals surface area (Å²) in [6, 6.07) is 1.87. The molecule has 0 spiro atoms. The Kier molecular flexibility index (Phi) is 2.28. The smallest absolute Gasteiger partial charge is 0.358 e. The van der Waals surface area contributed by atoms with Crippen LogP contribution < -0.4 is 0 Å². The van der Waals surface area contributed by atoms with Gasteiger partial charge in [-0.2, -0.15) is 5.26 Å². The van der Waals surface area contributed by atoms with Gasteiger partial charge in [-0.3, -0.25) is 0 Å². The summed E-state index contributed by atoms with van der Waals surface area (Å²) in [6.45, 7) is 1.66. The van der Waals surface area contributed by atoms with E-state index >= 15 is 0 Å². The molecule has 68 valence electrons. The van der Waals surface area contributed by atoms with Crippen LogP contribution in [0.3, 0.4) is 0 Å². The molecule has 0 saturated carbocycles. The molecule has 1 rings (SSSR count). The lowest BCUT2D eigenvalue weighted by Gasteiger charge is -1.95. The van der Waals surface area contributed by atoms with E-state index in [1.54, 1.807) is 18.5 Å². The molecule has 0 unspecified atom stereocenters. The van der Waals surface area contributed by atoms with Crippen LogP contribution in [0.15, 0.2) is 0 Å². The number of nitrogens with zero attached hydrogens (tertiary/aromatic N) is 4. The number of aromatic nitrogens is 2. The fourth-order valence-corrected chi connectivity index (χ4v) is 1.06. The molecule has 0 radical (unpaired) electrons. The van der Waals surface area contributed by atoms with E-state index in [2.05, 4.69) is 4.98 Å². The summed E-state index contributed by atoms with van der Waals surface area (Å²) in [6.07, 6.45) is 0.00759. The summed E-state index contributed by atoms with van der Waals surface area (Å²) >= 11 is 0. The first-order valence-corrected chi connectivity index (χ1v) is 3.61. The molecule has 0 aliphatic carbocycles. The van der Waals surface area contributed by atoms with E-state index in [1.165, 1.54) is 0 Å². The van der Waals surface area contributed by atoms with Gasteiger partial charge in [0.15, 0.2) is 0 Å². The topological polar surface area (TPSA) is 84.8 Å². The number of nitro groups is 1. The van der Waals surface area contributed by atoms with Gasteiger partial charge in [0, 0.05) is 14.0 Å². The van der Waals surface area contributed by atoms with Crippen LogP contribution in [0.4, 0.5) is 5.82 Å². The van der Waals surface area contributed by atoms with Crippen molar-refractivity contribution >= 4 is 5.82 Å². The third-order valence-corrected chi connectivity index (χ3v) is 1.84. The Morgan fingerprint density at radius 3 is 2.85 bits per heavy atom. The molecule has 0 aromatic carbocycles. The summed E-state index contributed by atoms with van der Waals surface area (Å²) in [7, 11) is 1.65. The Hall–Kier alpha value is -1.90. The van der Waals surface area contributed by atoms with Crippen molar-refractivity contribution in [3.8, 4) is 6.07 Å².